The van der Waals surface area contributed by atoms with Crippen LogP contribution in [0.15, 0.2) is 66.7 Å². The highest BCUT2D eigenvalue weighted by Crippen LogP contribution is 2.37. The summed E-state index contributed by atoms with van der Waals surface area (Å²) in [7, 11) is 0. The van der Waals surface area contributed by atoms with E-state index in [4.69, 9.17) is 11.6 Å². The summed E-state index contributed by atoms with van der Waals surface area (Å²) in [5.74, 6) is 1.43. The maximum absolute atomic E-state index is 14.7. The minimum absolute atomic E-state index is 0.0571. The van der Waals surface area contributed by atoms with Gasteiger partial charge < -0.3 is 0 Å². The largest absolute Gasteiger partial charge is 0.207 e. The Morgan fingerprint density at radius 1 is 0.714 bits per heavy atom. The number of hydrogen-bond acceptors (Lipinski definition) is 0. The van der Waals surface area contributed by atoms with Gasteiger partial charge in [0.05, 0.1) is 0 Å². The van der Waals surface area contributed by atoms with Gasteiger partial charge in [0, 0.05) is 5.02 Å². The molecule has 0 aliphatic heterocycles. The molecule has 186 valence electrons. The van der Waals surface area contributed by atoms with E-state index in [1.807, 2.05) is 30.3 Å². The molecular weight excluding hydrogens is 451 g/mol. The van der Waals surface area contributed by atoms with E-state index in [1.165, 1.54) is 74.5 Å². The Kier molecular flexibility index (Phi) is 9.83. The predicted octanol–water partition coefficient (Wildman–Crippen LogP) is 9.90. The standard InChI is InChI=1S/C33H40ClF/c1-2-3-4-5-25-8-16-29(17-9-25)30-18-10-26(11-19-30)6-7-28-13-21-31(33(35)24-28)20-12-27-14-22-32(34)23-15-27/h8-9,13-17,21-24,26,30H,2-7,10-12,18-20H2,1H3/t26-,30-. The summed E-state index contributed by atoms with van der Waals surface area (Å²) in [6.07, 6.45) is 14.0. The summed E-state index contributed by atoms with van der Waals surface area (Å²) >= 11 is 5.96. The smallest absolute Gasteiger partial charge is 0.126 e. The summed E-state index contributed by atoms with van der Waals surface area (Å²) in [4.78, 5) is 0. The van der Waals surface area contributed by atoms with E-state index in [1.54, 1.807) is 6.07 Å². The highest BCUT2D eigenvalue weighted by Gasteiger charge is 2.22. The van der Waals surface area contributed by atoms with E-state index in [2.05, 4.69) is 37.3 Å². The molecule has 0 radical (unpaired) electrons. The van der Waals surface area contributed by atoms with Gasteiger partial charge in [-0.05, 0) is 122 Å². The zero-order valence-corrected chi connectivity index (χ0v) is 22.0. The van der Waals surface area contributed by atoms with Crippen molar-refractivity contribution in [2.45, 2.75) is 89.9 Å². The molecular formula is C33H40ClF. The lowest BCUT2D eigenvalue weighted by Gasteiger charge is -2.29. The number of hydrogen-bond donors (Lipinski definition) is 0. The van der Waals surface area contributed by atoms with Crippen molar-refractivity contribution in [3.05, 3.63) is 105 Å². The Bertz CT molecular complexity index is 1030. The molecule has 0 amide bonds. The predicted molar refractivity (Wildman–Crippen MR) is 148 cm³/mol. The maximum Gasteiger partial charge on any atom is 0.126 e. The van der Waals surface area contributed by atoms with Crippen molar-refractivity contribution >= 4 is 11.6 Å². The zero-order chi connectivity index (χ0) is 24.5. The summed E-state index contributed by atoms with van der Waals surface area (Å²) in [5, 5.41) is 0.740. The third-order valence-electron chi connectivity index (χ3n) is 7.92. The molecule has 1 fully saturated rings. The van der Waals surface area contributed by atoms with Gasteiger partial charge in [-0.1, -0.05) is 79.9 Å². The molecule has 0 nitrogen and oxygen atoms in total. The molecule has 0 aromatic heterocycles. The topological polar surface area (TPSA) is 0 Å². The first kappa shape index (κ1) is 26.0. The first-order valence-electron chi connectivity index (χ1n) is 13.7. The van der Waals surface area contributed by atoms with Crippen LogP contribution >= 0.6 is 11.6 Å². The molecule has 0 saturated heterocycles. The lowest BCUT2D eigenvalue weighted by Crippen LogP contribution is -2.14. The SMILES string of the molecule is CCCCCc1ccc([C@H]2CC[C@H](CCc3ccc(CCc4ccc(Cl)cc4)c(F)c3)CC2)cc1. The third-order valence-corrected chi connectivity index (χ3v) is 8.17. The Hall–Kier alpha value is -2.12. The molecule has 3 aromatic rings. The summed E-state index contributed by atoms with van der Waals surface area (Å²) < 4.78 is 14.7. The Balaban J connectivity index is 1.20. The number of unbranched alkanes of at least 4 members (excludes halogenated alkanes) is 2. The van der Waals surface area contributed by atoms with Crippen LogP contribution in [0.3, 0.4) is 0 Å². The van der Waals surface area contributed by atoms with Crippen molar-refractivity contribution in [1.29, 1.82) is 0 Å². The molecule has 4 rings (SSSR count). The second kappa shape index (κ2) is 13.3. The average Bonchev–Trinajstić information content (AvgIpc) is 2.89. The maximum atomic E-state index is 14.7. The molecule has 0 bridgehead atoms. The van der Waals surface area contributed by atoms with E-state index in [0.717, 1.165) is 41.3 Å². The monoisotopic (exact) mass is 490 g/mol. The van der Waals surface area contributed by atoms with Gasteiger partial charge in [-0.2, -0.15) is 0 Å². The van der Waals surface area contributed by atoms with Crippen molar-refractivity contribution in [2.75, 3.05) is 0 Å². The van der Waals surface area contributed by atoms with Gasteiger partial charge in [-0.25, -0.2) is 4.39 Å². The molecule has 1 saturated carbocycles. The molecule has 0 N–H and O–H groups in total. The van der Waals surface area contributed by atoms with Gasteiger partial charge in [0.2, 0.25) is 0 Å². The number of rotatable bonds is 11. The third kappa shape index (κ3) is 7.94. The second-order valence-corrected chi connectivity index (χ2v) is 10.9. The van der Waals surface area contributed by atoms with Crippen LogP contribution in [0.5, 0.6) is 0 Å². The van der Waals surface area contributed by atoms with Crippen LogP contribution in [-0.2, 0) is 25.7 Å². The normalized spacial score (nSPS) is 18.0. The Morgan fingerprint density at radius 3 is 2.06 bits per heavy atom. The summed E-state index contributed by atoms with van der Waals surface area (Å²) in [6.45, 7) is 2.26. The Morgan fingerprint density at radius 2 is 1.37 bits per heavy atom. The first-order chi connectivity index (χ1) is 17.1. The van der Waals surface area contributed by atoms with Crippen LogP contribution in [0.2, 0.25) is 5.02 Å². The average molecular weight is 491 g/mol. The molecule has 0 spiro atoms. The number of halogens is 2. The van der Waals surface area contributed by atoms with Crippen LogP contribution in [-0.4, -0.2) is 0 Å². The fourth-order valence-corrected chi connectivity index (χ4v) is 5.70. The molecule has 1 aliphatic rings. The fourth-order valence-electron chi connectivity index (χ4n) is 5.57. The van der Waals surface area contributed by atoms with E-state index < -0.39 is 0 Å². The van der Waals surface area contributed by atoms with E-state index in [9.17, 15) is 4.39 Å². The van der Waals surface area contributed by atoms with Crippen LogP contribution in [0.25, 0.3) is 0 Å². The summed E-state index contributed by atoms with van der Waals surface area (Å²) in [5.41, 5.74) is 6.15. The molecule has 0 atom stereocenters. The van der Waals surface area contributed by atoms with Gasteiger partial charge in [0.1, 0.15) is 5.82 Å². The highest BCUT2D eigenvalue weighted by atomic mass is 35.5. The van der Waals surface area contributed by atoms with Gasteiger partial charge in [0.15, 0.2) is 0 Å². The molecule has 2 heteroatoms. The second-order valence-electron chi connectivity index (χ2n) is 10.5. The molecule has 1 aliphatic carbocycles. The van der Waals surface area contributed by atoms with Gasteiger partial charge in [0.25, 0.3) is 0 Å². The minimum atomic E-state index is -0.0571. The molecule has 0 unspecified atom stereocenters. The van der Waals surface area contributed by atoms with Crippen molar-refractivity contribution in [3.8, 4) is 0 Å². The van der Waals surface area contributed by atoms with Gasteiger partial charge in [-0.3, -0.25) is 0 Å². The van der Waals surface area contributed by atoms with Crippen molar-refractivity contribution in [1.82, 2.24) is 0 Å². The van der Waals surface area contributed by atoms with Gasteiger partial charge >= 0.3 is 0 Å². The zero-order valence-electron chi connectivity index (χ0n) is 21.2. The number of aryl methyl sites for hydroxylation is 4. The Labute approximate surface area is 216 Å². The van der Waals surface area contributed by atoms with Crippen LogP contribution < -0.4 is 0 Å². The van der Waals surface area contributed by atoms with Crippen molar-refractivity contribution in [2.24, 2.45) is 5.92 Å². The molecule has 0 heterocycles. The van der Waals surface area contributed by atoms with Crippen molar-refractivity contribution < 1.29 is 4.39 Å². The lowest BCUT2D eigenvalue weighted by atomic mass is 9.76. The molecule has 35 heavy (non-hydrogen) atoms. The van der Waals surface area contributed by atoms with Crippen LogP contribution in [0.4, 0.5) is 4.39 Å². The lowest BCUT2D eigenvalue weighted by molar-refractivity contribution is 0.310. The van der Waals surface area contributed by atoms with Crippen molar-refractivity contribution in [3.63, 3.8) is 0 Å². The summed E-state index contributed by atoms with van der Waals surface area (Å²) in [6, 6.07) is 23.2. The van der Waals surface area contributed by atoms with Gasteiger partial charge in [-0.15, -0.1) is 0 Å². The van der Waals surface area contributed by atoms with Crippen LogP contribution in [0.1, 0.15) is 92.0 Å². The van der Waals surface area contributed by atoms with Crippen LogP contribution in [0, 0.1) is 11.7 Å². The minimum Gasteiger partial charge on any atom is -0.207 e. The van der Waals surface area contributed by atoms with E-state index >= 15 is 0 Å². The van der Waals surface area contributed by atoms with E-state index in [-0.39, 0.29) is 5.82 Å². The first-order valence-corrected chi connectivity index (χ1v) is 14.1. The van der Waals surface area contributed by atoms with E-state index in [0.29, 0.717) is 5.92 Å². The quantitative estimate of drug-likeness (QED) is 0.234. The fraction of sp³-hybridized carbons (Fsp3) is 0.455. The highest BCUT2D eigenvalue weighted by molar-refractivity contribution is 6.30. The number of benzene rings is 3. The molecule has 3 aromatic carbocycles.